The summed E-state index contributed by atoms with van der Waals surface area (Å²) in [6.07, 6.45) is 6.00. The number of aliphatic carboxylic acids is 1. The van der Waals surface area contributed by atoms with Crippen LogP contribution < -0.4 is 0 Å². The van der Waals surface area contributed by atoms with Gasteiger partial charge in [0.1, 0.15) is 0 Å². The Kier molecular flexibility index (Phi) is 7.24. The van der Waals surface area contributed by atoms with Crippen LogP contribution in [-0.4, -0.2) is 44.7 Å². The van der Waals surface area contributed by atoms with Crippen LogP contribution in [0.1, 0.15) is 78.6 Å². The third-order valence-electron chi connectivity index (χ3n) is 10.3. The lowest BCUT2D eigenvalue weighted by Gasteiger charge is -2.63. The number of carboxylic acids is 1. The molecule has 4 saturated carbocycles. The molecule has 4 rings (SSSR count). The van der Waals surface area contributed by atoms with Crippen LogP contribution in [0.3, 0.4) is 0 Å². The van der Waals surface area contributed by atoms with E-state index in [9.17, 15) is 20.1 Å². The minimum Gasteiger partial charge on any atom is -0.481 e. The second-order valence-electron chi connectivity index (χ2n) is 11.4. The molecule has 0 saturated heterocycles. The van der Waals surface area contributed by atoms with Crippen LogP contribution in [0.15, 0.2) is 0 Å². The lowest BCUT2D eigenvalue weighted by Crippen LogP contribution is -2.62. The Bertz CT molecular complexity index is 643. The third-order valence-corrected chi connectivity index (χ3v) is 10.3. The molecule has 174 valence electrons. The molecule has 6 heteroatoms. The highest BCUT2D eigenvalue weighted by atomic mass is 127. The van der Waals surface area contributed by atoms with Crippen molar-refractivity contribution in [1.29, 1.82) is 0 Å². The first kappa shape index (κ1) is 24.7. The first-order chi connectivity index (χ1) is 13.6. The molecule has 0 unspecified atom stereocenters. The number of aliphatic hydroxyl groups is 3. The lowest BCUT2D eigenvalue weighted by atomic mass is 9.43. The molecule has 0 aliphatic heterocycles. The maximum Gasteiger partial charge on any atom is 0.303 e. The molecule has 4 N–H and O–H groups in total. The van der Waals surface area contributed by atoms with E-state index in [1.54, 1.807) is 0 Å². The minimum absolute atomic E-state index is 0. The van der Waals surface area contributed by atoms with Gasteiger partial charge in [-0.3, -0.25) is 4.79 Å². The summed E-state index contributed by atoms with van der Waals surface area (Å²) < 4.78 is 0. The Balaban J connectivity index is 0.00000256. The minimum atomic E-state index is -0.748. The van der Waals surface area contributed by atoms with Crippen LogP contribution in [0.25, 0.3) is 0 Å². The zero-order valence-electron chi connectivity index (χ0n) is 18.7. The van der Waals surface area contributed by atoms with E-state index in [2.05, 4.69) is 20.8 Å². The van der Waals surface area contributed by atoms with Crippen LogP contribution in [0.5, 0.6) is 0 Å². The van der Waals surface area contributed by atoms with E-state index in [0.717, 1.165) is 44.9 Å². The van der Waals surface area contributed by atoms with Crippen molar-refractivity contribution in [2.24, 2.45) is 46.3 Å². The highest BCUT2D eigenvalue weighted by Crippen LogP contribution is 2.68. The molecule has 0 amide bonds. The van der Waals surface area contributed by atoms with Crippen molar-refractivity contribution >= 4 is 29.9 Å². The van der Waals surface area contributed by atoms with Crippen molar-refractivity contribution < 1.29 is 25.2 Å². The van der Waals surface area contributed by atoms with Gasteiger partial charge in [-0.05, 0) is 97.7 Å². The molecule has 4 fully saturated rings. The van der Waals surface area contributed by atoms with E-state index < -0.39 is 12.1 Å². The number of fused-ring (bicyclic) bond motifs is 5. The molecule has 0 bridgehead atoms. The molecule has 0 heterocycles. The summed E-state index contributed by atoms with van der Waals surface area (Å²) in [5.74, 6) is 0.997. The Labute approximate surface area is 198 Å². The Hall–Kier alpha value is 0.0800. The van der Waals surface area contributed by atoms with Crippen molar-refractivity contribution in [1.82, 2.24) is 0 Å². The predicted octanol–water partition coefficient (Wildman–Crippen LogP) is 4.07. The first-order valence-electron chi connectivity index (χ1n) is 11.8. The number of halogens is 1. The molecule has 0 aromatic heterocycles. The van der Waals surface area contributed by atoms with Crippen LogP contribution in [0.2, 0.25) is 0 Å². The molecule has 0 spiro atoms. The average Bonchev–Trinajstić information content (AvgIpc) is 3.01. The maximum atomic E-state index is 11.5. The number of carboxylic acid groups (broad SMARTS) is 1. The van der Waals surface area contributed by atoms with Crippen LogP contribution in [0.4, 0.5) is 0 Å². The Morgan fingerprint density at radius 1 is 1.03 bits per heavy atom. The van der Waals surface area contributed by atoms with Gasteiger partial charge in [0, 0.05) is 6.42 Å². The second kappa shape index (κ2) is 8.79. The first-order valence-corrected chi connectivity index (χ1v) is 11.8. The van der Waals surface area contributed by atoms with E-state index >= 15 is 0 Å². The summed E-state index contributed by atoms with van der Waals surface area (Å²) in [5, 5.41) is 42.0. The van der Waals surface area contributed by atoms with Gasteiger partial charge in [0.15, 0.2) is 0 Å². The van der Waals surface area contributed by atoms with Crippen molar-refractivity contribution in [3.63, 3.8) is 0 Å². The zero-order chi connectivity index (χ0) is 21.1. The quantitative estimate of drug-likeness (QED) is 0.407. The van der Waals surface area contributed by atoms with Gasteiger partial charge in [-0.2, -0.15) is 0 Å². The Morgan fingerprint density at radius 2 is 1.73 bits per heavy atom. The fourth-order valence-electron chi connectivity index (χ4n) is 8.68. The number of hydrogen-bond acceptors (Lipinski definition) is 4. The molecule has 4 aliphatic rings. The molecule has 30 heavy (non-hydrogen) atoms. The predicted molar refractivity (Wildman–Crippen MR) is 125 cm³/mol. The van der Waals surface area contributed by atoms with Gasteiger partial charge in [0.2, 0.25) is 0 Å². The summed E-state index contributed by atoms with van der Waals surface area (Å²) in [6.45, 7) is 6.72. The van der Waals surface area contributed by atoms with E-state index in [-0.39, 0.29) is 65.3 Å². The van der Waals surface area contributed by atoms with Crippen molar-refractivity contribution in [3.05, 3.63) is 0 Å². The maximum absolute atomic E-state index is 11.5. The summed E-state index contributed by atoms with van der Waals surface area (Å²) >= 11 is 0. The fraction of sp³-hybridized carbons (Fsp3) is 0.958. The molecule has 0 radical (unpaired) electrons. The molecular weight excluding hydrogens is 495 g/mol. The van der Waals surface area contributed by atoms with E-state index in [4.69, 9.17) is 5.11 Å². The number of hydrogen-bond donors (Lipinski definition) is 4. The smallest absolute Gasteiger partial charge is 0.303 e. The van der Waals surface area contributed by atoms with Gasteiger partial charge in [0.25, 0.3) is 0 Å². The second-order valence-corrected chi connectivity index (χ2v) is 11.4. The zero-order valence-corrected chi connectivity index (χ0v) is 21.0. The van der Waals surface area contributed by atoms with Crippen molar-refractivity contribution in [2.45, 2.75) is 96.9 Å². The molecule has 0 aromatic rings. The standard InChI is InChI=1S/C24H40O5.HI/c1-13(4-7-21(28)29)16-5-6-17-22-18(12-20(27)24(16,17)3)23(2)9-8-15(25)10-14(23)11-19(22)26;/h13-20,22,25-27H,4-12H2,1-3H3,(H,28,29);1H/t13-,14+,15-,16-,17+,18+,19-,20+,22+,23+,24-;/m1./s1. The molecule has 11 atom stereocenters. The van der Waals surface area contributed by atoms with Gasteiger partial charge in [-0.1, -0.05) is 20.8 Å². The van der Waals surface area contributed by atoms with E-state index in [0.29, 0.717) is 30.1 Å². The number of carbonyl (C=O) groups is 1. The molecule has 0 aromatic carbocycles. The Morgan fingerprint density at radius 3 is 2.40 bits per heavy atom. The number of rotatable bonds is 4. The molecule has 5 nitrogen and oxygen atoms in total. The average molecular weight is 536 g/mol. The summed E-state index contributed by atoms with van der Waals surface area (Å²) in [5.41, 5.74) is -0.143. The van der Waals surface area contributed by atoms with Gasteiger partial charge in [-0.15, -0.1) is 24.0 Å². The van der Waals surface area contributed by atoms with Crippen LogP contribution in [0, 0.1) is 46.3 Å². The van der Waals surface area contributed by atoms with Crippen LogP contribution in [-0.2, 0) is 4.79 Å². The normalized spacial score (nSPS) is 51.1. The topological polar surface area (TPSA) is 98.0 Å². The summed E-state index contributed by atoms with van der Waals surface area (Å²) in [7, 11) is 0. The number of aliphatic hydroxyl groups excluding tert-OH is 3. The third kappa shape index (κ3) is 3.75. The van der Waals surface area contributed by atoms with Gasteiger partial charge >= 0.3 is 5.97 Å². The SMILES string of the molecule is C[C@H](CCC(=O)O)[C@H]1CC[C@H]2[C@@H]3[C@H](O)C[C@@H]4C[C@H](O)CC[C@]4(C)[C@H]3C[C@H](O)[C@]12C.I. The summed E-state index contributed by atoms with van der Waals surface area (Å²) in [6, 6.07) is 0. The van der Waals surface area contributed by atoms with Crippen molar-refractivity contribution in [2.75, 3.05) is 0 Å². The lowest BCUT2D eigenvalue weighted by molar-refractivity contribution is -0.207. The monoisotopic (exact) mass is 536 g/mol. The van der Waals surface area contributed by atoms with Gasteiger partial charge in [-0.25, -0.2) is 0 Å². The van der Waals surface area contributed by atoms with Crippen molar-refractivity contribution in [3.8, 4) is 0 Å². The van der Waals surface area contributed by atoms with Crippen LogP contribution >= 0.6 is 24.0 Å². The molecular formula is C24H41IO5. The van der Waals surface area contributed by atoms with Gasteiger partial charge < -0.3 is 20.4 Å². The fourth-order valence-corrected chi connectivity index (χ4v) is 8.68. The highest BCUT2D eigenvalue weighted by molar-refractivity contribution is 14.0. The largest absolute Gasteiger partial charge is 0.481 e. The van der Waals surface area contributed by atoms with Gasteiger partial charge in [0.05, 0.1) is 18.3 Å². The van der Waals surface area contributed by atoms with E-state index in [1.807, 2.05) is 0 Å². The summed E-state index contributed by atoms with van der Waals surface area (Å²) in [4.78, 5) is 11.1. The van der Waals surface area contributed by atoms with E-state index in [1.165, 1.54) is 0 Å². The highest BCUT2D eigenvalue weighted by Gasteiger charge is 2.65. The molecule has 4 aliphatic carbocycles.